The highest BCUT2D eigenvalue weighted by atomic mass is 16.3. The summed E-state index contributed by atoms with van der Waals surface area (Å²) in [6.45, 7) is 4.32. The van der Waals surface area contributed by atoms with Crippen LogP contribution in [0.25, 0.3) is 0 Å². The van der Waals surface area contributed by atoms with Crippen LogP contribution in [0.4, 0.5) is 0 Å². The smallest absolute Gasteiger partial charge is 0.106 e. The maximum absolute atomic E-state index is 10.2. The highest BCUT2D eigenvalue weighted by Gasteiger charge is 2.10. The van der Waals surface area contributed by atoms with Crippen molar-refractivity contribution in [2.75, 3.05) is 0 Å². The largest absolute Gasteiger partial charge is 0.384 e. The van der Waals surface area contributed by atoms with Gasteiger partial charge >= 0.3 is 0 Å². The zero-order valence-corrected chi connectivity index (χ0v) is 10.2. The van der Waals surface area contributed by atoms with E-state index in [0.29, 0.717) is 5.92 Å². The van der Waals surface area contributed by atoms with Crippen molar-refractivity contribution in [1.82, 2.24) is 4.98 Å². The number of nitrogens with zero attached hydrogens (tertiary/aromatic N) is 1. The summed E-state index contributed by atoms with van der Waals surface area (Å²) in [5.74, 6) is 0.514. The lowest BCUT2D eigenvalue weighted by Gasteiger charge is -2.12. The molecule has 0 spiro atoms. The van der Waals surface area contributed by atoms with Gasteiger partial charge in [0.2, 0.25) is 0 Å². The van der Waals surface area contributed by atoms with Crippen LogP contribution >= 0.6 is 0 Å². The summed E-state index contributed by atoms with van der Waals surface area (Å²) in [4.78, 5) is 4.02. The van der Waals surface area contributed by atoms with E-state index in [2.05, 4.69) is 31.0 Å². The molecule has 1 aromatic heterocycles. The molecular weight excluding hydrogens is 210 g/mol. The molecule has 1 heterocycles. The normalized spacial score (nSPS) is 12.7. The summed E-state index contributed by atoms with van der Waals surface area (Å²) in [5.41, 5.74) is 3.01. The van der Waals surface area contributed by atoms with Crippen LogP contribution in [0.3, 0.4) is 0 Å². The Labute approximate surface area is 102 Å². The Morgan fingerprint density at radius 2 is 1.59 bits per heavy atom. The van der Waals surface area contributed by atoms with Gasteiger partial charge in [-0.1, -0.05) is 44.2 Å². The topological polar surface area (TPSA) is 33.1 Å². The number of rotatable bonds is 3. The van der Waals surface area contributed by atoms with Crippen molar-refractivity contribution in [2.45, 2.75) is 25.9 Å². The van der Waals surface area contributed by atoms with Crippen molar-refractivity contribution in [3.63, 3.8) is 0 Å². The zero-order chi connectivity index (χ0) is 12.3. The molecule has 0 aliphatic carbocycles. The molecule has 1 atom stereocenters. The van der Waals surface area contributed by atoms with Crippen molar-refractivity contribution in [3.8, 4) is 0 Å². The van der Waals surface area contributed by atoms with Gasteiger partial charge in [-0.2, -0.15) is 0 Å². The highest BCUT2D eigenvalue weighted by molar-refractivity contribution is 5.31. The van der Waals surface area contributed by atoms with Gasteiger partial charge < -0.3 is 5.11 Å². The number of hydrogen-bond donors (Lipinski definition) is 1. The summed E-state index contributed by atoms with van der Waals surface area (Å²) in [7, 11) is 0. The van der Waals surface area contributed by atoms with E-state index in [1.165, 1.54) is 5.56 Å². The van der Waals surface area contributed by atoms with Crippen molar-refractivity contribution in [1.29, 1.82) is 0 Å². The molecule has 2 aromatic rings. The Bertz CT molecular complexity index is 462. The van der Waals surface area contributed by atoms with Crippen LogP contribution in [-0.4, -0.2) is 10.1 Å². The fourth-order valence-electron chi connectivity index (χ4n) is 1.79. The maximum Gasteiger partial charge on any atom is 0.106 e. The molecule has 17 heavy (non-hydrogen) atoms. The predicted molar refractivity (Wildman–Crippen MR) is 68.8 cm³/mol. The number of hydrogen-bond acceptors (Lipinski definition) is 2. The van der Waals surface area contributed by atoms with Gasteiger partial charge in [0.05, 0.1) is 0 Å². The summed E-state index contributed by atoms with van der Waals surface area (Å²) in [5, 5.41) is 10.2. The summed E-state index contributed by atoms with van der Waals surface area (Å²) < 4.78 is 0. The van der Waals surface area contributed by atoms with Crippen molar-refractivity contribution in [2.24, 2.45) is 0 Å². The molecule has 0 saturated carbocycles. The minimum Gasteiger partial charge on any atom is -0.384 e. The van der Waals surface area contributed by atoms with Gasteiger partial charge in [0.15, 0.2) is 0 Å². The van der Waals surface area contributed by atoms with E-state index >= 15 is 0 Å². The fraction of sp³-hybridized carbons (Fsp3) is 0.267. The lowest BCUT2D eigenvalue weighted by Crippen LogP contribution is -2.00. The van der Waals surface area contributed by atoms with Crippen LogP contribution < -0.4 is 0 Å². The van der Waals surface area contributed by atoms with E-state index in [0.717, 1.165) is 11.1 Å². The third-order valence-corrected chi connectivity index (χ3v) is 2.92. The lowest BCUT2D eigenvalue weighted by atomic mass is 9.98. The van der Waals surface area contributed by atoms with Crippen molar-refractivity contribution in [3.05, 3.63) is 65.5 Å². The molecule has 0 unspecified atom stereocenters. The quantitative estimate of drug-likeness (QED) is 0.872. The first-order valence-corrected chi connectivity index (χ1v) is 5.86. The standard InChI is InChI=1S/C15H17NO/c1-11(2)12-5-7-13(8-6-12)15(17)14-4-3-9-16-10-14/h3-11,15,17H,1-2H3/t15-/m0/s1. The molecule has 2 heteroatoms. The monoisotopic (exact) mass is 227 g/mol. The molecule has 0 fully saturated rings. The lowest BCUT2D eigenvalue weighted by molar-refractivity contribution is 0.220. The van der Waals surface area contributed by atoms with Gasteiger partial charge in [0, 0.05) is 18.0 Å². The number of aliphatic hydroxyl groups is 1. The average Bonchev–Trinajstić information content (AvgIpc) is 2.39. The van der Waals surface area contributed by atoms with E-state index in [-0.39, 0.29) is 0 Å². The maximum atomic E-state index is 10.2. The second-order valence-corrected chi connectivity index (χ2v) is 4.51. The van der Waals surface area contributed by atoms with Crippen molar-refractivity contribution < 1.29 is 5.11 Å². The Hall–Kier alpha value is -1.67. The minimum atomic E-state index is -0.593. The summed E-state index contributed by atoms with van der Waals surface area (Å²) >= 11 is 0. The molecule has 0 saturated heterocycles. The first-order chi connectivity index (χ1) is 8.18. The number of aromatic nitrogens is 1. The predicted octanol–water partition coefficient (Wildman–Crippen LogP) is 3.29. The molecule has 2 rings (SSSR count). The molecule has 88 valence electrons. The average molecular weight is 227 g/mol. The van der Waals surface area contributed by atoms with E-state index in [9.17, 15) is 5.11 Å². The fourth-order valence-corrected chi connectivity index (χ4v) is 1.79. The highest BCUT2D eigenvalue weighted by Crippen LogP contribution is 2.23. The van der Waals surface area contributed by atoms with E-state index in [1.54, 1.807) is 12.4 Å². The number of aliphatic hydroxyl groups excluding tert-OH is 1. The Morgan fingerprint density at radius 3 is 2.12 bits per heavy atom. The molecule has 0 bridgehead atoms. The van der Waals surface area contributed by atoms with Crippen LogP contribution in [0.1, 0.15) is 42.6 Å². The van der Waals surface area contributed by atoms with Gasteiger partial charge in [-0.05, 0) is 23.1 Å². The summed E-state index contributed by atoms with van der Waals surface area (Å²) in [6, 6.07) is 11.8. The Balaban J connectivity index is 2.23. The first kappa shape index (κ1) is 11.8. The second-order valence-electron chi connectivity index (χ2n) is 4.51. The molecule has 0 aliphatic rings. The number of pyridine rings is 1. The molecule has 1 N–H and O–H groups in total. The third-order valence-electron chi connectivity index (χ3n) is 2.92. The van der Waals surface area contributed by atoms with E-state index in [1.807, 2.05) is 24.3 Å². The molecule has 1 aromatic carbocycles. The van der Waals surface area contributed by atoms with Gasteiger partial charge in [-0.15, -0.1) is 0 Å². The SMILES string of the molecule is CC(C)c1ccc([C@H](O)c2cccnc2)cc1. The van der Waals surface area contributed by atoms with Crippen LogP contribution in [0.5, 0.6) is 0 Å². The van der Waals surface area contributed by atoms with Gasteiger partial charge in [-0.25, -0.2) is 0 Å². The first-order valence-electron chi connectivity index (χ1n) is 5.86. The Morgan fingerprint density at radius 1 is 0.941 bits per heavy atom. The zero-order valence-electron chi connectivity index (χ0n) is 10.2. The minimum absolute atomic E-state index is 0.514. The van der Waals surface area contributed by atoms with Gasteiger partial charge in [0.1, 0.15) is 6.10 Å². The van der Waals surface area contributed by atoms with Crippen LogP contribution in [0.2, 0.25) is 0 Å². The van der Waals surface area contributed by atoms with Gasteiger partial charge in [-0.3, -0.25) is 4.98 Å². The van der Waals surface area contributed by atoms with Crippen molar-refractivity contribution >= 4 is 0 Å². The van der Waals surface area contributed by atoms with E-state index in [4.69, 9.17) is 0 Å². The summed E-state index contributed by atoms with van der Waals surface area (Å²) in [6.07, 6.45) is 2.81. The Kier molecular flexibility index (Phi) is 3.55. The molecule has 0 amide bonds. The molecule has 0 aliphatic heterocycles. The van der Waals surface area contributed by atoms with E-state index < -0.39 is 6.10 Å². The van der Waals surface area contributed by atoms with Crippen LogP contribution in [0.15, 0.2) is 48.8 Å². The molecule has 2 nitrogen and oxygen atoms in total. The second kappa shape index (κ2) is 5.11. The number of benzene rings is 1. The van der Waals surface area contributed by atoms with Crippen LogP contribution in [-0.2, 0) is 0 Å². The molecule has 0 radical (unpaired) electrons. The van der Waals surface area contributed by atoms with Crippen LogP contribution in [0, 0.1) is 0 Å². The third kappa shape index (κ3) is 2.71. The van der Waals surface area contributed by atoms with Gasteiger partial charge in [0.25, 0.3) is 0 Å². The molecular formula is C15H17NO.